The molecule has 80 valence electrons. The standard InChI is InChI=1S/C12H26O/c1-7-11(6,8-2)12(13,9-3)10(4)5/h10,13H,7-9H2,1-6H3. The molecular formula is C12H26O. The molecule has 0 radical (unpaired) electrons. The summed E-state index contributed by atoms with van der Waals surface area (Å²) in [7, 11) is 0. The molecule has 0 rings (SSSR count). The Kier molecular flexibility index (Phi) is 4.44. The van der Waals surface area contributed by atoms with Gasteiger partial charge in [-0.1, -0.05) is 41.5 Å². The van der Waals surface area contributed by atoms with E-state index in [-0.39, 0.29) is 5.41 Å². The fourth-order valence-electron chi connectivity index (χ4n) is 2.39. The van der Waals surface area contributed by atoms with E-state index in [1.807, 2.05) is 0 Å². The minimum atomic E-state index is -0.503. The Bertz CT molecular complexity index is 147. The van der Waals surface area contributed by atoms with Crippen molar-refractivity contribution in [3.8, 4) is 0 Å². The van der Waals surface area contributed by atoms with Crippen LogP contribution in [0, 0.1) is 11.3 Å². The molecule has 0 aromatic carbocycles. The molecule has 0 fully saturated rings. The van der Waals surface area contributed by atoms with E-state index in [9.17, 15) is 5.11 Å². The van der Waals surface area contributed by atoms with E-state index in [0.717, 1.165) is 19.3 Å². The maximum atomic E-state index is 10.6. The van der Waals surface area contributed by atoms with Crippen LogP contribution in [0.2, 0.25) is 0 Å². The molecule has 1 N–H and O–H groups in total. The molecule has 0 saturated heterocycles. The van der Waals surface area contributed by atoms with Crippen molar-refractivity contribution >= 4 is 0 Å². The Hall–Kier alpha value is -0.0400. The SMILES string of the molecule is CCC(C)(CC)C(O)(CC)C(C)C. The molecule has 0 aromatic rings. The highest BCUT2D eigenvalue weighted by Crippen LogP contribution is 2.44. The van der Waals surface area contributed by atoms with Crippen LogP contribution in [0.25, 0.3) is 0 Å². The van der Waals surface area contributed by atoms with Crippen LogP contribution in [0.5, 0.6) is 0 Å². The Balaban J connectivity index is 4.91. The predicted octanol–water partition coefficient (Wildman–Crippen LogP) is 3.61. The molecule has 0 bridgehead atoms. The highest BCUT2D eigenvalue weighted by atomic mass is 16.3. The van der Waals surface area contributed by atoms with Gasteiger partial charge in [0.05, 0.1) is 5.60 Å². The van der Waals surface area contributed by atoms with Crippen molar-refractivity contribution in [2.24, 2.45) is 11.3 Å². The largest absolute Gasteiger partial charge is 0.389 e. The van der Waals surface area contributed by atoms with Gasteiger partial charge in [0.25, 0.3) is 0 Å². The predicted molar refractivity (Wildman–Crippen MR) is 58.8 cm³/mol. The maximum absolute atomic E-state index is 10.6. The minimum Gasteiger partial charge on any atom is -0.389 e. The van der Waals surface area contributed by atoms with Crippen molar-refractivity contribution in [3.05, 3.63) is 0 Å². The van der Waals surface area contributed by atoms with Crippen molar-refractivity contribution < 1.29 is 5.11 Å². The first-order valence-corrected chi connectivity index (χ1v) is 5.60. The van der Waals surface area contributed by atoms with Gasteiger partial charge in [0, 0.05) is 0 Å². The molecule has 1 unspecified atom stereocenters. The van der Waals surface area contributed by atoms with Gasteiger partial charge < -0.3 is 5.11 Å². The van der Waals surface area contributed by atoms with E-state index in [2.05, 4.69) is 41.5 Å². The summed E-state index contributed by atoms with van der Waals surface area (Å²) in [6.45, 7) is 12.9. The second kappa shape index (κ2) is 4.45. The van der Waals surface area contributed by atoms with Crippen LogP contribution in [0.1, 0.15) is 60.8 Å². The molecule has 0 aliphatic heterocycles. The second-order valence-electron chi connectivity index (χ2n) is 4.70. The van der Waals surface area contributed by atoms with E-state index in [4.69, 9.17) is 0 Å². The third kappa shape index (κ3) is 2.07. The van der Waals surface area contributed by atoms with Crippen LogP contribution in [0.4, 0.5) is 0 Å². The fraction of sp³-hybridized carbons (Fsp3) is 1.00. The summed E-state index contributed by atoms with van der Waals surface area (Å²) in [5, 5.41) is 10.6. The maximum Gasteiger partial charge on any atom is 0.0720 e. The molecular weight excluding hydrogens is 160 g/mol. The topological polar surface area (TPSA) is 20.2 Å². The molecule has 0 aliphatic rings. The molecule has 0 saturated carbocycles. The van der Waals surface area contributed by atoms with Crippen LogP contribution < -0.4 is 0 Å². The Labute approximate surface area is 83.5 Å². The summed E-state index contributed by atoms with van der Waals surface area (Å²) in [5.41, 5.74) is -0.438. The van der Waals surface area contributed by atoms with Gasteiger partial charge in [-0.15, -0.1) is 0 Å². The van der Waals surface area contributed by atoms with Crippen LogP contribution in [-0.4, -0.2) is 10.7 Å². The van der Waals surface area contributed by atoms with Crippen LogP contribution >= 0.6 is 0 Å². The Morgan fingerprint density at radius 2 is 1.38 bits per heavy atom. The summed E-state index contributed by atoms with van der Waals surface area (Å²) in [4.78, 5) is 0. The monoisotopic (exact) mass is 186 g/mol. The second-order valence-corrected chi connectivity index (χ2v) is 4.70. The molecule has 13 heavy (non-hydrogen) atoms. The number of hydrogen-bond acceptors (Lipinski definition) is 1. The normalized spacial score (nSPS) is 17.5. The summed E-state index contributed by atoms with van der Waals surface area (Å²) in [6.07, 6.45) is 2.95. The van der Waals surface area contributed by atoms with E-state index in [1.54, 1.807) is 0 Å². The summed E-state index contributed by atoms with van der Waals surface area (Å²) >= 11 is 0. The van der Waals surface area contributed by atoms with Crippen LogP contribution in [-0.2, 0) is 0 Å². The van der Waals surface area contributed by atoms with Gasteiger partial charge in [0.2, 0.25) is 0 Å². The van der Waals surface area contributed by atoms with Gasteiger partial charge in [0.1, 0.15) is 0 Å². The summed E-state index contributed by atoms with van der Waals surface area (Å²) in [5.74, 6) is 0.336. The van der Waals surface area contributed by atoms with Crippen molar-refractivity contribution in [1.29, 1.82) is 0 Å². The van der Waals surface area contributed by atoms with Gasteiger partial charge >= 0.3 is 0 Å². The lowest BCUT2D eigenvalue weighted by molar-refractivity contribution is -0.117. The fourth-order valence-corrected chi connectivity index (χ4v) is 2.39. The highest BCUT2D eigenvalue weighted by molar-refractivity contribution is 4.95. The van der Waals surface area contributed by atoms with Crippen molar-refractivity contribution in [3.63, 3.8) is 0 Å². The Morgan fingerprint density at radius 3 is 1.46 bits per heavy atom. The zero-order valence-electron chi connectivity index (χ0n) is 10.1. The molecule has 1 nitrogen and oxygen atoms in total. The lowest BCUT2D eigenvalue weighted by Gasteiger charge is -2.47. The lowest BCUT2D eigenvalue weighted by Crippen LogP contribution is -2.49. The molecule has 0 amide bonds. The molecule has 0 aromatic heterocycles. The van der Waals surface area contributed by atoms with Crippen molar-refractivity contribution in [2.75, 3.05) is 0 Å². The average Bonchev–Trinajstić information content (AvgIpc) is 2.14. The number of rotatable bonds is 5. The first-order valence-electron chi connectivity index (χ1n) is 5.60. The smallest absolute Gasteiger partial charge is 0.0720 e. The lowest BCUT2D eigenvalue weighted by atomic mass is 9.63. The van der Waals surface area contributed by atoms with Gasteiger partial charge in [-0.05, 0) is 30.6 Å². The van der Waals surface area contributed by atoms with Crippen LogP contribution in [0.3, 0.4) is 0 Å². The van der Waals surface area contributed by atoms with Gasteiger partial charge in [0.15, 0.2) is 0 Å². The molecule has 0 spiro atoms. The van der Waals surface area contributed by atoms with Gasteiger partial charge in [-0.3, -0.25) is 0 Å². The average molecular weight is 186 g/mol. The van der Waals surface area contributed by atoms with Crippen molar-refractivity contribution in [1.82, 2.24) is 0 Å². The van der Waals surface area contributed by atoms with Gasteiger partial charge in [-0.2, -0.15) is 0 Å². The third-order valence-electron chi connectivity index (χ3n) is 4.10. The van der Waals surface area contributed by atoms with E-state index < -0.39 is 5.60 Å². The minimum absolute atomic E-state index is 0.0654. The number of hydrogen-bond donors (Lipinski definition) is 1. The van der Waals surface area contributed by atoms with E-state index in [1.165, 1.54) is 0 Å². The summed E-state index contributed by atoms with van der Waals surface area (Å²) < 4.78 is 0. The zero-order valence-corrected chi connectivity index (χ0v) is 10.1. The van der Waals surface area contributed by atoms with Gasteiger partial charge in [-0.25, -0.2) is 0 Å². The zero-order chi connectivity index (χ0) is 10.7. The van der Waals surface area contributed by atoms with Crippen molar-refractivity contribution in [2.45, 2.75) is 66.4 Å². The quantitative estimate of drug-likeness (QED) is 0.695. The first kappa shape index (κ1) is 13.0. The molecule has 1 atom stereocenters. The van der Waals surface area contributed by atoms with E-state index in [0.29, 0.717) is 5.92 Å². The Morgan fingerprint density at radius 1 is 1.00 bits per heavy atom. The van der Waals surface area contributed by atoms with E-state index >= 15 is 0 Å². The number of aliphatic hydroxyl groups is 1. The molecule has 0 heterocycles. The molecule has 0 aliphatic carbocycles. The summed E-state index contributed by atoms with van der Waals surface area (Å²) in [6, 6.07) is 0. The first-order chi connectivity index (χ1) is 5.88. The highest BCUT2D eigenvalue weighted by Gasteiger charge is 2.44. The van der Waals surface area contributed by atoms with Crippen LogP contribution in [0.15, 0.2) is 0 Å². The molecule has 1 heteroatoms. The third-order valence-corrected chi connectivity index (χ3v) is 4.10.